The number of rotatable bonds is 7. The number of para-hydroxylation sites is 1. The van der Waals surface area contributed by atoms with Crippen LogP contribution in [0.1, 0.15) is 31.7 Å². The van der Waals surface area contributed by atoms with Crippen molar-refractivity contribution in [2.75, 3.05) is 0 Å². The number of amides is 1. The summed E-state index contributed by atoms with van der Waals surface area (Å²) in [6, 6.07) is 6.50. The van der Waals surface area contributed by atoms with Gasteiger partial charge in [0.05, 0.1) is 4.47 Å². The molecule has 0 saturated heterocycles. The van der Waals surface area contributed by atoms with Crippen molar-refractivity contribution in [3.8, 4) is 5.75 Å². The minimum Gasteiger partial charge on any atom is -0.479 e. The average Bonchev–Trinajstić information content (AvgIpc) is 3.19. The molecule has 1 unspecified atom stereocenters. The fourth-order valence-electron chi connectivity index (χ4n) is 1.85. The Balaban J connectivity index is 2.13. The molecule has 2 rings (SSSR count). The fraction of sp³-hybridized carbons (Fsp3) is 0.500. The first kappa shape index (κ1) is 14.3. The molecule has 1 aromatic rings. The number of halogens is 1. The Hall–Kier alpha value is -1.07. The van der Waals surface area contributed by atoms with Gasteiger partial charge in [-0.05, 0) is 41.3 Å². The molecule has 5 heteroatoms. The third-order valence-corrected chi connectivity index (χ3v) is 3.78. The predicted octanol–water partition coefficient (Wildman–Crippen LogP) is 2.34. The van der Waals surface area contributed by atoms with E-state index in [4.69, 9.17) is 10.5 Å². The third kappa shape index (κ3) is 3.94. The zero-order valence-electron chi connectivity index (χ0n) is 11.0. The SMILES string of the molecule is CCC(Oc1c(Br)cccc1CNC1CC1)C(N)=O. The van der Waals surface area contributed by atoms with Gasteiger partial charge < -0.3 is 15.8 Å². The zero-order chi connectivity index (χ0) is 13.8. The monoisotopic (exact) mass is 326 g/mol. The highest BCUT2D eigenvalue weighted by molar-refractivity contribution is 9.10. The van der Waals surface area contributed by atoms with E-state index in [2.05, 4.69) is 21.2 Å². The van der Waals surface area contributed by atoms with Crippen molar-refractivity contribution in [3.05, 3.63) is 28.2 Å². The molecule has 0 heterocycles. The van der Waals surface area contributed by atoms with Crippen molar-refractivity contribution in [3.63, 3.8) is 0 Å². The number of hydrogen-bond acceptors (Lipinski definition) is 3. The Morgan fingerprint density at radius 2 is 2.32 bits per heavy atom. The molecule has 0 radical (unpaired) electrons. The van der Waals surface area contributed by atoms with Crippen LogP contribution in [0.3, 0.4) is 0 Å². The molecule has 0 aliphatic heterocycles. The largest absolute Gasteiger partial charge is 0.479 e. The number of nitrogens with two attached hydrogens (primary N) is 1. The topological polar surface area (TPSA) is 64.3 Å². The summed E-state index contributed by atoms with van der Waals surface area (Å²) in [7, 11) is 0. The van der Waals surface area contributed by atoms with Crippen LogP contribution in [0.5, 0.6) is 5.75 Å². The second kappa shape index (κ2) is 6.39. The van der Waals surface area contributed by atoms with Crippen LogP contribution in [0.25, 0.3) is 0 Å². The third-order valence-electron chi connectivity index (χ3n) is 3.16. The van der Waals surface area contributed by atoms with Crippen LogP contribution in [-0.4, -0.2) is 18.1 Å². The standard InChI is InChI=1S/C14H19BrN2O2/c1-2-12(14(16)18)19-13-9(4-3-5-11(13)15)8-17-10-6-7-10/h3-5,10,12,17H,2,6-8H2,1H3,(H2,16,18). The number of carbonyl (C=O) groups excluding carboxylic acids is 1. The van der Waals surface area contributed by atoms with Crippen molar-refractivity contribution in [1.82, 2.24) is 5.32 Å². The summed E-state index contributed by atoms with van der Waals surface area (Å²) in [6.07, 6.45) is 2.46. The maximum atomic E-state index is 11.3. The van der Waals surface area contributed by atoms with Gasteiger partial charge in [-0.1, -0.05) is 19.1 Å². The number of primary amides is 1. The fourth-order valence-corrected chi connectivity index (χ4v) is 2.35. The molecule has 104 valence electrons. The van der Waals surface area contributed by atoms with E-state index < -0.39 is 12.0 Å². The normalized spacial score (nSPS) is 16.1. The van der Waals surface area contributed by atoms with Crippen LogP contribution in [0.15, 0.2) is 22.7 Å². The molecule has 1 fully saturated rings. The molecule has 0 aromatic heterocycles. The van der Waals surface area contributed by atoms with Crippen LogP contribution in [0.4, 0.5) is 0 Å². The summed E-state index contributed by atoms with van der Waals surface area (Å²) in [5, 5.41) is 3.44. The maximum absolute atomic E-state index is 11.3. The van der Waals surface area contributed by atoms with E-state index in [1.165, 1.54) is 12.8 Å². The van der Waals surface area contributed by atoms with Gasteiger partial charge in [0.1, 0.15) is 5.75 Å². The smallest absolute Gasteiger partial charge is 0.258 e. The van der Waals surface area contributed by atoms with Crippen molar-refractivity contribution in [2.24, 2.45) is 5.73 Å². The highest BCUT2D eigenvalue weighted by atomic mass is 79.9. The summed E-state index contributed by atoms with van der Waals surface area (Å²) < 4.78 is 6.63. The molecule has 3 N–H and O–H groups in total. The van der Waals surface area contributed by atoms with Gasteiger partial charge in [0.15, 0.2) is 6.10 Å². The van der Waals surface area contributed by atoms with E-state index in [1.54, 1.807) is 0 Å². The highest BCUT2D eigenvalue weighted by Crippen LogP contribution is 2.31. The van der Waals surface area contributed by atoms with Crippen molar-refractivity contribution in [2.45, 2.75) is 44.9 Å². The van der Waals surface area contributed by atoms with E-state index in [1.807, 2.05) is 25.1 Å². The van der Waals surface area contributed by atoms with Gasteiger partial charge >= 0.3 is 0 Å². The molecule has 1 atom stereocenters. The lowest BCUT2D eigenvalue weighted by molar-refractivity contribution is -0.124. The average molecular weight is 327 g/mol. The quantitative estimate of drug-likeness (QED) is 0.808. The van der Waals surface area contributed by atoms with E-state index in [0.29, 0.717) is 18.2 Å². The van der Waals surface area contributed by atoms with Gasteiger partial charge in [-0.25, -0.2) is 0 Å². The van der Waals surface area contributed by atoms with Crippen LogP contribution < -0.4 is 15.8 Å². The molecule has 1 aliphatic carbocycles. The Labute approximate surface area is 121 Å². The molecule has 1 saturated carbocycles. The van der Waals surface area contributed by atoms with Gasteiger partial charge in [0.2, 0.25) is 0 Å². The zero-order valence-corrected chi connectivity index (χ0v) is 12.6. The molecule has 0 bridgehead atoms. The molecule has 1 aromatic carbocycles. The van der Waals surface area contributed by atoms with Gasteiger partial charge in [-0.15, -0.1) is 0 Å². The van der Waals surface area contributed by atoms with E-state index in [-0.39, 0.29) is 0 Å². The molecule has 19 heavy (non-hydrogen) atoms. The lowest BCUT2D eigenvalue weighted by Crippen LogP contribution is -2.33. The van der Waals surface area contributed by atoms with Crippen LogP contribution in [0, 0.1) is 0 Å². The Kier molecular flexibility index (Phi) is 4.82. The van der Waals surface area contributed by atoms with E-state index in [9.17, 15) is 4.79 Å². The summed E-state index contributed by atoms with van der Waals surface area (Å²) in [6.45, 7) is 2.63. The van der Waals surface area contributed by atoms with Crippen LogP contribution in [0.2, 0.25) is 0 Å². The lowest BCUT2D eigenvalue weighted by atomic mass is 10.2. The number of nitrogens with one attached hydrogen (secondary N) is 1. The van der Waals surface area contributed by atoms with Crippen molar-refractivity contribution in [1.29, 1.82) is 0 Å². The van der Waals surface area contributed by atoms with Gasteiger partial charge in [0.25, 0.3) is 5.91 Å². The van der Waals surface area contributed by atoms with Gasteiger partial charge in [-0.2, -0.15) is 0 Å². The molecular formula is C14H19BrN2O2. The number of carbonyl (C=O) groups is 1. The molecule has 0 spiro atoms. The minimum absolute atomic E-state index is 0.431. The maximum Gasteiger partial charge on any atom is 0.258 e. The van der Waals surface area contributed by atoms with E-state index in [0.717, 1.165) is 16.6 Å². The summed E-state index contributed by atoms with van der Waals surface area (Å²) >= 11 is 3.47. The first-order valence-corrected chi connectivity index (χ1v) is 7.37. The number of hydrogen-bond donors (Lipinski definition) is 2. The first-order valence-electron chi connectivity index (χ1n) is 6.58. The van der Waals surface area contributed by atoms with Crippen molar-refractivity contribution >= 4 is 21.8 Å². The molecule has 1 aliphatic rings. The molecule has 1 amide bonds. The number of benzene rings is 1. The minimum atomic E-state index is -0.585. The van der Waals surface area contributed by atoms with E-state index >= 15 is 0 Å². The second-order valence-corrected chi connectivity index (χ2v) is 5.65. The summed E-state index contributed by atoms with van der Waals surface area (Å²) in [5.41, 5.74) is 6.38. The predicted molar refractivity (Wildman–Crippen MR) is 77.9 cm³/mol. The van der Waals surface area contributed by atoms with Gasteiger partial charge in [-0.3, -0.25) is 4.79 Å². The Bertz CT molecular complexity index is 461. The van der Waals surface area contributed by atoms with Gasteiger partial charge in [0, 0.05) is 18.2 Å². The number of ether oxygens (including phenoxy) is 1. The molecule has 4 nitrogen and oxygen atoms in total. The Morgan fingerprint density at radius 1 is 1.58 bits per heavy atom. The summed E-state index contributed by atoms with van der Waals surface area (Å²) in [4.78, 5) is 11.3. The lowest BCUT2D eigenvalue weighted by Gasteiger charge is -2.18. The van der Waals surface area contributed by atoms with Crippen LogP contribution >= 0.6 is 15.9 Å². The Morgan fingerprint density at radius 3 is 2.89 bits per heavy atom. The second-order valence-electron chi connectivity index (χ2n) is 4.80. The first-order chi connectivity index (χ1) is 9.11. The van der Waals surface area contributed by atoms with Crippen molar-refractivity contribution < 1.29 is 9.53 Å². The summed E-state index contributed by atoms with van der Waals surface area (Å²) in [5.74, 6) is 0.278. The van der Waals surface area contributed by atoms with Crippen LogP contribution in [-0.2, 0) is 11.3 Å². The highest BCUT2D eigenvalue weighted by Gasteiger charge is 2.22. The molecular weight excluding hydrogens is 308 g/mol.